The predicted octanol–water partition coefficient (Wildman–Crippen LogP) is 3.50. The smallest absolute Gasteiger partial charge is 0.319 e. The molecule has 6 nitrogen and oxygen atoms in total. The lowest BCUT2D eigenvalue weighted by molar-refractivity contribution is -0.00517. The molecule has 0 spiro atoms. The van der Waals surface area contributed by atoms with Crippen LogP contribution in [0.1, 0.15) is 13.8 Å². The summed E-state index contributed by atoms with van der Waals surface area (Å²) in [6, 6.07) is 17.2. The van der Waals surface area contributed by atoms with E-state index in [4.69, 9.17) is 9.47 Å². The van der Waals surface area contributed by atoms with Crippen LogP contribution in [0, 0.1) is 0 Å². The van der Waals surface area contributed by atoms with Gasteiger partial charge in [-0.2, -0.15) is 0 Å². The first-order valence-electron chi connectivity index (χ1n) is 9.34. The Kier molecular flexibility index (Phi) is 6.54. The molecule has 2 aromatic carbocycles. The Morgan fingerprint density at radius 1 is 1.07 bits per heavy atom. The molecule has 1 heterocycles. The number of rotatable bonds is 6. The summed E-state index contributed by atoms with van der Waals surface area (Å²) in [5.41, 5.74) is 1.80. The van der Waals surface area contributed by atoms with E-state index in [-0.39, 0.29) is 18.2 Å². The van der Waals surface area contributed by atoms with Crippen molar-refractivity contribution >= 4 is 17.4 Å². The van der Waals surface area contributed by atoms with Crippen LogP contribution >= 0.6 is 0 Å². The van der Waals surface area contributed by atoms with Crippen molar-refractivity contribution in [3.63, 3.8) is 0 Å². The Morgan fingerprint density at radius 3 is 2.48 bits per heavy atom. The Morgan fingerprint density at radius 2 is 1.74 bits per heavy atom. The zero-order valence-electron chi connectivity index (χ0n) is 15.9. The average molecular weight is 369 g/mol. The quantitative estimate of drug-likeness (QED) is 0.765. The van der Waals surface area contributed by atoms with E-state index in [1.165, 1.54) is 0 Å². The fraction of sp³-hybridized carbons (Fsp3) is 0.381. The second-order valence-electron chi connectivity index (χ2n) is 6.72. The van der Waals surface area contributed by atoms with Gasteiger partial charge in [0.2, 0.25) is 0 Å². The van der Waals surface area contributed by atoms with Crippen molar-refractivity contribution < 1.29 is 14.3 Å². The molecule has 0 aromatic heterocycles. The third-order valence-corrected chi connectivity index (χ3v) is 4.31. The van der Waals surface area contributed by atoms with E-state index in [0.717, 1.165) is 30.2 Å². The Labute approximate surface area is 160 Å². The molecule has 0 radical (unpaired) electrons. The Balaban J connectivity index is 1.52. The first-order chi connectivity index (χ1) is 13.1. The molecular weight excluding hydrogens is 342 g/mol. The molecule has 0 bridgehead atoms. The number of amides is 2. The third-order valence-electron chi connectivity index (χ3n) is 4.31. The summed E-state index contributed by atoms with van der Waals surface area (Å²) in [6.45, 7) is 6.58. The van der Waals surface area contributed by atoms with E-state index in [9.17, 15) is 4.79 Å². The first-order valence-corrected chi connectivity index (χ1v) is 9.34. The first kappa shape index (κ1) is 19.0. The Bertz CT molecular complexity index is 728. The molecule has 3 rings (SSSR count). The predicted molar refractivity (Wildman–Crippen MR) is 108 cm³/mol. The highest BCUT2D eigenvalue weighted by molar-refractivity contribution is 5.93. The summed E-state index contributed by atoms with van der Waals surface area (Å²) >= 11 is 0. The third kappa shape index (κ3) is 5.62. The van der Waals surface area contributed by atoms with Crippen LogP contribution in [0.2, 0.25) is 0 Å². The molecule has 2 N–H and O–H groups in total. The Hall–Kier alpha value is -2.73. The van der Waals surface area contributed by atoms with Crippen LogP contribution in [0.3, 0.4) is 0 Å². The van der Waals surface area contributed by atoms with Crippen molar-refractivity contribution in [3.05, 3.63) is 54.6 Å². The molecule has 1 saturated heterocycles. The van der Waals surface area contributed by atoms with Crippen molar-refractivity contribution in [1.29, 1.82) is 0 Å². The van der Waals surface area contributed by atoms with Gasteiger partial charge in [-0.3, -0.25) is 0 Å². The number of hydrogen-bond acceptors (Lipinski definition) is 4. The van der Waals surface area contributed by atoms with E-state index in [1.807, 2.05) is 54.6 Å². The highest BCUT2D eigenvalue weighted by Crippen LogP contribution is 2.28. The van der Waals surface area contributed by atoms with E-state index >= 15 is 0 Å². The van der Waals surface area contributed by atoms with Crippen LogP contribution in [0.15, 0.2) is 54.6 Å². The topological polar surface area (TPSA) is 62.8 Å². The number of benzene rings is 2. The minimum Gasteiger partial charge on any atom is -0.492 e. The van der Waals surface area contributed by atoms with Gasteiger partial charge >= 0.3 is 6.03 Å². The minimum absolute atomic E-state index is 0.158. The lowest BCUT2D eigenvalue weighted by Crippen LogP contribution is -2.45. The van der Waals surface area contributed by atoms with Crippen LogP contribution in [0.25, 0.3) is 0 Å². The number of morpholine rings is 1. The number of nitrogens with zero attached hydrogens (tertiary/aromatic N) is 1. The second kappa shape index (κ2) is 9.28. The van der Waals surface area contributed by atoms with Gasteiger partial charge in [-0.05, 0) is 38.1 Å². The van der Waals surface area contributed by atoms with E-state index in [2.05, 4.69) is 29.4 Å². The molecule has 1 aliphatic rings. The number of urea groups is 1. The molecule has 6 heteroatoms. The fourth-order valence-corrected chi connectivity index (χ4v) is 3.25. The summed E-state index contributed by atoms with van der Waals surface area (Å²) in [7, 11) is 0. The summed E-state index contributed by atoms with van der Waals surface area (Å²) in [6.07, 6.45) is 0.316. The molecule has 27 heavy (non-hydrogen) atoms. The number of anilines is 2. The van der Waals surface area contributed by atoms with Crippen molar-refractivity contribution in [3.8, 4) is 5.75 Å². The van der Waals surface area contributed by atoms with Gasteiger partial charge in [0.25, 0.3) is 0 Å². The summed E-state index contributed by atoms with van der Waals surface area (Å²) < 4.78 is 11.4. The standard InChI is InChI=1S/C21H27N3O3/c1-16-14-24(15-17(2)27-16)20-11-7-6-10-19(20)23-21(25)22-12-13-26-18-8-4-3-5-9-18/h3-11,16-17H,12-15H2,1-2H3,(H2,22,23,25). The van der Waals surface area contributed by atoms with E-state index < -0.39 is 0 Å². The molecule has 144 valence electrons. The number of carbonyl (C=O) groups excluding carboxylic acids is 1. The number of para-hydroxylation sites is 3. The van der Waals surface area contributed by atoms with Crippen molar-refractivity contribution in [2.45, 2.75) is 26.1 Å². The lowest BCUT2D eigenvalue weighted by Gasteiger charge is -2.37. The van der Waals surface area contributed by atoms with Crippen LogP contribution < -0.4 is 20.3 Å². The van der Waals surface area contributed by atoms with Crippen molar-refractivity contribution in [1.82, 2.24) is 5.32 Å². The monoisotopic (exact) mass is 369 g/mol. The normalized spacial score (nSPS) is 19.4. The molecule has 2 aromatic rings. The SMILES string of the molecule is CC1CN(c2ccccc2NC(=O)NCCOc2ccccc2)CC(C)O1. The maximum atomic E-state index is 12.3. The van der Waals surface area contributed by atoms with Gasteiger partial charge in [0.1, 0.15) is 12.4 Å². The zero-order chi connectivity index (χ0) is 19.1. The van der Waals surface area contributed by atoms with Crippen LogP contribution in [0.5, 0.6) is 5.75 Å². The van der Waals surface area contributed by atoms with Gasteiger partial charge in [0, 0.05) is 13.1 Å². The van der Waals surface area contributed by atoms with E-state index in [0.29, 0.717) is 13.2 Å². The van der Waals surface area contributed by atoms with Crippen LogP contribution in [-0.2, 0) is 4.74 Å². The van der Waals surface area contributed by atoms with Gasteiger partial charge in [0.05, 0.1) is 30.1 Å². The molecule has 0 aliphatic carbocycles. The van der Waals surface area contributed by atoms with Crippen LogP contribution in [0.4, 0.5) is 16.2 Å². The van der Waals surface area contributed by atoms with Gasteiger partial charge in [-0.25, -0.2) is 4.79 Å². The molecule has 0 saturated carbocycles. The highest BCUT2D eigenvalue weighted by Gasteiger charge is 2.24. The maximum absolute atomic E-state index is 12.3. The number of nitrogens with one attached hydrogen (secondary N) is 2. The second-order valence-corrected chi connectivity index (χ2v) is 6.72. The van der Waals surface area contributed by atoms with Gasteiger partial charge in [0.15, 0.2) is 0 Å². The molecule has 2 atom stereocenters. The van der Waals surface area contributed by atoms with Crippen molar-refractivity contribution in [2.75, 3.05) is 36.5 Å². The molecule has 2 amide bonds. The van der Waals surface area contributed by atoms with E-state index in [1.54, 1.807) is 0 Å². The maximum Gasteiger partial charge on any atom is 0.319 e. The van der Waals surface area contributed by atoms with Crippen LogP contribution in [-0.4, -0.2) is 44.5 Å². The minimum atomic E-state index is -0.242. The molecular formula is C21H27N3O3. The summed E-state index contributed by atoms with van der Waals surface area (Å²) in [5.74, 6) is 0.792. The summed E-state index contributed by atoms with van der Waals surface area (Å²) in [5, 5.41) is 5.78. The molecule has 1 aliphatic heterocycles. The van der Waals surface area contributed by atoms with Gasteiger partial charge < -0.3 is 25.0 Å². The number of ether oxygens (including phenoxy) is 2. The zero-order valence-corrected chi connectivity index (χ0v) is 15.9. The van der Waals surface area contributed by atoms with Gasteiger partial charge in [-0.15, -0.1) is 0 Å². The highest BCUT2D eigenvalue weighted by atomic mass is 16.5. The molecule has 1 fully saturated rings. The fourth-order valence-electron chi connectivity index (χ4n) is 3.25. The molecule has 2 unspecified atom stereocenters. The number of hydrogen-bond donors (Lipinski definition) is 2. The largest absolute Gasteiger partial charge is 0.492 e. The van der Waals surface area contributed by atoms with Crippen molar-refractivity contribution in [2.24, 2.45) is 0 Å². The average Bonchev–Trinajstić information content (AvgIpc) is 2.66. The van der Waals surface area contributed by atoms with Gasteiger partial charge in [-0.1, -0.05) is 30.3 Å². The number of carbonyl (C=O) groups is 1. The summed E-state index contributed by atoms with van der Waals surface area (Å²) in [4.78, 5) is 14.5. The lowest BCUT2D eigenvalue weighted by atomic mass is 10.1.